The third-order valence-electron chi connectivity index (χ3n) is 3.75. The summed E-state index contributed by atoms with van der Waals surface area (Å²) in [4.78, 5) is 33.8. The summed E-state index contributed by atoms with van der Waals surface area (Å²) in [7, 11) is -4.30. The van der Waals surface area contributed by atoms with Crippen LogP contribution in [-0.4, -0.2) is 29.6 Å². The van der Waals surface area contributed by atoms with Crippen LogP contribution < -0.4 is 5.30 Å². The van der Waals surface area contributed by atoms with Crippen molar-refractivity contribution >= 4 is 12.9 Å². The van der Waals surface area contributed by atoms with Crippen LogP contribution in [0.25, 0.3) is 0 Å². The summed E-state index contributed by atoms with van der Waals surface area (Å²) in [5.41, 5.74) is 2.38. The van der Waals surface area contributed by atoms with Crippen LogP contribution in [-0.2, 0) is 24.2 Å². The maximum absolute atomic E-state index is 11.5. The molecule has 0 atom stereocenters. The van der Waals surface area contributed by atoms with Gasteiger partial charge in [-0.1, -0.05) is 12.1 Å². The van der Waals surface area contributed by atoms with Gasteiger partial charge >= 0.3 is 7.60 Å². The van der Waals surface area contributed by atoms with Gasteiger partial charge in [-0.25, -0.2) is 0 Å². The number of rotatable bonds is 7. The number of nitrogens with zero attached hydrogens (tertiary/aromatic N) is 4. The Morgan fingerprint density at radius 3 is 1.81 bits per heavy atom. The van der Waals surface area contributed by atoms with Crippen LogP contribution in [0.2, 0.25) is 0 Å². The van der Waals surface area contributed by atoms with Gasteiger partial charge in [-0.2, -0.15) is 0 Å². The Morgan fingerprint density at radius 1 is 0.769 bits per heavy atom. The SMILES string of the molecule is O=P(O)(O)c1ccnc(CN(Cc2ccccn2)Cc2ccccn2)c1. The average Bonchev–Trinajstić information content (AvgIpc) is 2.63. The van der Waals surface area contributed by atoms with Gasteiger partial charge in [0.1, 0.15) is 0 Å². The van der Waals surface area contributed by atoms with Crippen LogP contribution in [0.3, 0.4) is 0 Å². The summed E-state index contributed by atoms with van der Waals surface area (Å²) in [6.45, 7) is 1.56. The zero-order chi connectivity index (χ0) is 18.4. The van der Waals surface area contributed by atoms with Crippen molar-refractivity contribution in [3.8, 4) is 0 Å². The van der Waals surface area contributed by atoms with Gasteiger partial charge in [-0.3, -0.25) is 24.4 Å². The van der Waals surface area contributed by atoms with E-state index in [1.165, 1.54) is 18.3 Å². The second-order valence-electron chi connectivity index (χ2n) is 5.84. The van der Waals surface area contributed by atoms with Crippen molar-refractivity contribution in [2.45, 2.75) is 19.6 Å². The molecule has 3 aromatic heterocycles. The molecular weight excluding hydrogens is 351 g/mol. The van der Waals surface area contributed by atoms with E-state index < -0.39 is 7.60 Å². The van der Waals surface area contributed by atoms with Gasteiger partial charge in [0.25, 0.3) is 0 Å². The van der Waals surface area contributed by atoms with Gasteiger partial charge in [0.15, 0.2) is 0 Å². The van der Waals surface area contributed by atoms with E-state index in [1.807, 2.05) is 36.4 Å². The first-order valence-electron chi connectivity index (χ1n) is 8.04. The molecule has 0 unspecified atom stereocenters. The lowest BCUT2D eigenvalue weighted by Crippen LogP contribution is -2.24. The Morgan fingerprint density at radius 2 is 1.31 bits per heavy atom. The maximum Gasteiger partial charge on any atom is 0.356 e. The van der Waals surface area contributed by atoms with Crippen LogP contribution >= 0.6 is 7.60 Å². The Kier molecular flexibility index (Phi) is 5.85. The molecule has 0 spiro atoms. The molecule has 26 heavy (non-hydrogen) atoms. The van der Waals surface area contributed by atoms with E-state index >= 15 is 0 Å². The quantitative estimate of drug-likeness (QED) is 0.613. The Bertz CT molecular complexity index is 846. The number of aromatic nitrogens is 3. The van der Waals surface area contributed by atoms with E-state index in [4.69, 9.17) is 0 Å². The third kappa shape index (κ3) is 5.28. The molecule has 0 aliphatic carbocycles. The molecular formula is C18H19N4O3P. The lowest BCUT2D eigenvalue weighted by molar-refractivity contribution is 0.239. The lowest BCUT2D eigenvalue weighted by Gasteiger charge is -2.21. The van der Waals surface area contributed by atoms with E-state index in [0.29, 0.717) is 25.3 Å². The second-order valence-corrected chi connectivity index (χ2v) is 7.44. The first-order valence-corrected chi connectivity index (χ1v) is 9.65. The third-order valence-corrected chi connectivity index (χ3v) is 4.70. The summed E-state index contributed by atoms with van der Waals surface area (Å²) >= 11 is 0. The van der Waals surface area contributed by atoms with Gasteiger partial charge in [0.05, 0.1) is 22.4 Å². The Balaban J connectivity index is 1.82. The maximum atomic E-state index is 11.5. The first-order chi connectivity index (χ1) is 12.5. The molecule has 0 aliphatic rings. The highest BCUT2D eigenvalue weighted by molar-refractivity contribution is 7.60. The predicted molar refractivity (Wildman–Crippen MR) is 97.3 cm³/mol. The van der Waals surface area contributed by atoms with Crippen LogP contribution in [0.15, 0.2) is 67.1 Å². The van der Waals surface area contributed by atoms with Crippen LogP contribution in [0, 0.1) is 0 Å². The fraction of sp³-hybridized carbons (Fsp3) is 0.167. The zero-order valence-corrected chi connectivity index (χ0v) is 14.9. The Labute approximate surface area is 151 Å². The number of pyridine rings is 3. The molecule has 0 amide bonds. The summed E-state index contributed by atoms with van der Waals surface area (Å²) in [5.74, 6) is 0. The van der Waals surface area contributed by atoms with E-state index in [2.05, 4.69) is 19.9 Å². The molecule has 3 heterocycles. The van der Waals surface area contributed by atoms with Crippen molar-refractivity contribution in [3.05, 3.63) is 84.2 Å². The van der Waals surface area contributed by atoms with Crippen molar-refractivity contribution in [3.63, 3.8) is 0 Å². The van der Waals surface area contributed by atoms with E-state index in [9.17, 15) is 14.4 Å². The van der Waals surface area contributed by atoms with Crippen molar-refractivity contribution in [1.82, 2.24) is 19.9 Å². The smallest absolute Gasteiger partial charge is 0.321 e. The minimum Gasteiger partial charge on any atom is -0.321 e. The molecule has 0 saturated heterocycles. The molecule has 2 N–H and O–H groups in total. The molecule has 0 radical (unpaired) electrons. The molecule has 0 fully saturated rings. The summed E-state index contributed by atoms with van der Waals surface area (Å²) in [6.07, 6.45) is 4.89. The van der Waals surface area contributed by atoms with E-state index in [1.54, 1.807) is 12.4 Å². The highest BCUT2D eigenvalue weighted by atomic mass is 31.2. The largest absolute Gasteiger partial charge is 0.356 e. The molecule has 7 nitrogen and oxygen atoms in total. The molecule has 8 heteroatoms. The summed E-state index contributed by atoms with van der Waals surface area (Å²) in [5, 5.41) is -0.0295. The van der Waals surface area contributed by atoms with Crippen LogP contribution in [0.5, 0.6) is 0 Å². The van der Waals surface area contributed by atoms with Crippen LogP contribution in [0.4, 0.5) is 0 Å². The molecule has 0 aliphatic heterocycles. The van der Waals surface area contributed by atoms with Gasteiger partial charge in [0.2, 0.25) is 0 Å². The number of hydrogen-bond donors (Lipinski definition) is 2. The van der Waals surface area contributed by atoms with Gasteiger partial charge in [-0.05, 0) is 36.4 Å². The highest BCUT2D eigenvalue weighted by Crippen LogP contribution is 2.32. The molecule has 0 bridgehead atoms. The van der Waals surface area contributed by atoms with Gasteiger partial charge in [0, 0.05) is 38.2 Å². The van der Waals surface area contributed by atoms with Crippen LogP contribution in [0.1, 0.15) is 17.1 Å². The molecule has 3 aromatic rings. The van der Waals surface area contributed by atoms with E-state index in [0.717, 1.165) is 11.4 Å². The minimum atomic E-state index is -4.30. The molecule has 0 saturated carbocycles. The predicted octanol–water partition coefficient (Wildman–Crippen LogP) is 1.88. The van der Waals surface area contributed by atoms with E-state index in [-0.39, 0.29) is 5.30 Å². The zero-order valence-electron chi connectivity index (χ0n) is 14.0. The second kappa shape index (κ2) is 8.29. The topological polar surface area (TPSA) is 99.4 Å². The molecule has 0 aromatic carbocycles. The lowest BCUT2D eigenvalue weighted by atomic mass is 10.2. The standard InChI is InChI=1S/C18H19N4O3P/c23-26(24,25)18-7-10-21-17(11-18)14-22(12-15-5-1-3-8-19-15)13-16-6-2-4-9-20-16/h1-11H,12-14H2,(H2,23,24,25). The monoisotopic (exact) mass is 370 g/mol. The first kappa shape index (κ1) is 18.4. The Hall–Kier alpha value is -2.44. The highest BCUT2D eigenvalue weighted by Gasteiger charge is 2.18. The van der Waals surface area contributed by atoms with Crippen molar-refractivity contribution in [1.29, 1.82) is 0 Å². The number of hydrogen-bond acceptors (Lipinski definition) is 5. The fourth-order valence-electron chi connectivity index (χ4n) is 2.57. The fourth-order valence-corrected chi connectivity index (χ4v) is 3.15. The van der Waals surface area contributed by atoms with Gasteiger partial charge < -0.3 is 9.79 Å². The normalized spacial score (nSPS) is 11.7. The average molecular weight is 370 g/mol. The summed E-state index contributed by atoms with van der Waals surface area (Å²) in [6, 6.07) is 14.2. The summed E-state index contributed by atoms with van der Waals surface area (Å²) < 4.78 is 11.5. The van der Waals surface area contributed by atoms with Gasteiger partial charge in [-0.15, -0.1) is 0 Å². The van der Waals surface area contributed by atoms with Crippen molar-refractivity contribution in [2.24, 2.45) is 0 Å². The van der Waals surface area contributed by atoms with Crippen molar-refractivity contribution in [2.75, 3.05) is 0 Å². The molecule has 134 valence electrons. The minimum absolute atomic E-state index is 0.0295. The van der Waals surface area contributed by atoms with Crippen molar-refractivity contribution < 1.29 is 14.4 Å². The molecule has 3 rings (SSSR count).